The Bertz CT molecular complexity index is 1110. The number of nitro groups is 1. The highest BCUT2D eigenvalue weighted by molar-refractivity contribution is 7.98. The number of thioether (sulfide) groups is 1. The minimum absolute atomic E-state index is 0.0308. The van der Waals surface area contributed by atoms with Gasteiger partial charge in [0.2, 0.25) is 0 Å². The maximum absolute atomic E-state index is 10.9. The molecule has 8 heteroatoms. The van der Waals surface area contributed by atoms with E-state index < -0.39 is 4.92 Å². The number of aromatic hydroxyl groups is 1. The number of benzene rings is 2. The van der Waals surface area contributed by atoms with E-state index in [0.29, 0.717) is 27.5 Å². The van der Waals surface area contributed by atoms with Crippen molar-refractivity contribution in [2.75, 3.05) is 0 Å². The highest BCUT2D eigenvalue weighted by atomic mass is 32.2. The zero-order valence-corrected chi connectivity index (χ0v) is 13.7. The Morgan fingerprint density at radius 2 is 2.12 bits per heavy atom. The Labute approximate surface area is 145 Å². The van der Waals surface area contributed by atoms with Gasteiger partial charge in [-0.2, -0.15) is 0 Å². The smallest absolute Gasteiger partial charge is 0.271 e. The molecule has 4 rings (SSSR count). The maximum Gasteiger partial charge on any atom is 0.271 e. The van der Waals surface area contributed by atoms with Crippen LogP contribution in [0.5, 0.6) is 5.75 Å². The van der Waals surface area contributed by atoms with Gasteiger partial charge >= 0.3 is 0 Å². The van der Waals surface area contributed by atoms with Gasteiger partial charge in [0.1, 0.15) is 11.3 Å². The first-order chi connectivity index (χ1) is 12.1. The minimum atomic E-state index is -0.428. The molecule has 4 aromatic rings. The summed E-state index contributed by atoms with van der Waals surface area (Å²) in [6, 6.07) is 11.8. The van der Waals surface area contributed by atoms with Crippen molar-refractivity contribution < 1.29 is 10.0 Å². The van der Waals surface area contributed by atoms with Gasteiger partial charge in [0.15, 0.2) is 5.16 Å². The number of aromatic amines is 1. The molecule has 2 N–H and O–H groups in total. The summed E-state index contributed by atoms with van der Waals surface area (Å²) in [5.74, 6) is 0.782. The van der Waals surface area contributed by atoms with E-state index in [-0.39, 0.29) is 11.4 Å². The van der Waals surface area contributed by atoms with Gasteiger partial charge in [-0.05, 0) is 23.8 Å². The minimum Gasteiger partial charge on any atom is -0.506 e. The molecule has 0 atom stereocenters. The molecule has 2 aromatic carbocycles. The van der Waals surface area contributed by atoms with Gasteiger partial charge in [-0.25, -0.2) is 4.98 Å². The highest BCUT2D eigenvalue weighted by Crippen LogP contribution is 2.30. The Kier molecular flexibility index (Phi) is 3.73. The lowest BCUT2D eigenvalue weighted by Gasteiger charge is -2.06. The molecule has 0 bridgehead atoms. The average Bonchev–Trinajstić information content (AvgIpc) is 3.03. The lowest BCUT2D eigenvalue weighted by Crippen LogP contribution is -1.87. The first-order valence-corrected chi connectivity index (χ1v) is 8.43. The number of pyridine rings is 1. The molecule has 2 heterocycles. The molecule has 0 unspecified atom stereocenters. The van der Waals surface area contributed by atoms with Crippen LogP contribution in [0.2, 0.25) is 0 Å². The third-order valence-corrected chi connectivity index (χ3v) is 4.78. The average molecular weight is 352 g/mol. The second kappa shape index (κ2) is 6.06. The van der Waals surface area contributed by atoms with E-state index in [9.17, 15) is 15.2 Å². The predicted octanol–water partition coefficient (Wildman–Crippen LogP) is 4.02. The van der Waals surface area contributed by atoms with Crippen molar-refractivity contribution >= 4 is 39.4 Å². The van der Waals surface area contributed by atoms with Gasteiger partial charge < -0.3 is 10.1 Å². The number of non-ortho nitro benzene ring substituents is 1. The normalized spacial score (nSPS) is 11.2. The summed E-state index contributed by atoms with van der Waals surface area (Å²) < 4.78 is 0. The van der Waals surface area contributed by atoms with E-state index in [0.717, 1.165) is 10.9 Å². The fourth-order valence-corrected chi connectivity index (χ4v) is 3.53. The van der Waals surface area contributed by atoms with Gasteiger partial charge in [-0.1, -0.05) is 23.9 Å². The third-order valence-electron chi connectivity index (χ3n) is 3.86. The quantitative estimate of drug-likeness (QED) is 0.326. The van der Waals surface area contributed by atoms with E-state index in [2.05, 4.69) is 15.0 Å². The summed E-state index contributed by atoms with van der Waals surface area (Å²) in [5, 5.41) is 22.3. The third kappa shape index (κ3) is 2.87. The van der Waals surface area contributed by atoms with Gasteiger partial charge in [-0.15, -0.1) is 0 Å². The molecular weight excluding hydrogens is 340 g/mol. The van der Waals surface area contributed by atoms with E-state index in [1.807, 2.05) is 18.2 Å². The monoisotopic (exact) mass is 352 g/mol. The molecule has 0 amide bonds. The van der Waals surface area contributed by atoms with Crippen LogP contribution >= 0.6 is 11.8 Å². The summed E-state index contributed by atoms with van der Waals surface area (Å²) in [5.41, 5.74) is 2.95. The standard InChI is InChI=1S/C17H12N4O3S/c22-15-6-3-10(12-2-1-7-18-16(12)15)9-25-17-19-13-5-4-11(21(23)24)8-14(13)20-17/h1-8,22H,9H2,(H,19,20). The molecule has 0 aliphatic heterocycles. The largest absolute Gasteiger partial charge is 0.506 e. The Morgan fingerprint density at radius 1 is 1.24 bits per heavy atom. The number of phenols is 1. The van der Waals surface area contributed by atoms with Crippen molar-refractivity contribution in [1.82, 2.24) is 15.0 Å². The Morgan fingerprint density at radius 3 is 2.96 bits per heavy atom. The number of nitro benzene ring substituents is 1. The molecule has 7 nitrogen and oxygen atoms in total. The number of hydrogen-bond donors (Lipinski definition) is 2. The fraction of sp³-hybridized carbons (Fsp3) is 0.0588. The van der Waals surface area contributed by atoms with Crippen LogP contribution in [0.4, 0.5) is 5.69 Å². The molecule has 0 saturated heterocycles. The van der Waals surface area contributed by atoms with Crippen molar-refractivity contribution in [3.63, 3.8) is 0 Å². The van der Waals surface area contributed by atoms with Crippen LogP contribution in [0.25, 0.3) is 21.9 Å². The molecule has 2 aromatic heterocycles. The highest BCUT2D eigenvalue weighted by Gasteiger charge is 2.11. The van der Waals surface area contributed by atoms with Crippen molar-refractivity contribution in [3.8, 4) is 5.75 Å². The Balaban J connectivity index is 1.62. The number of imidazole rings is 1. The van der Waals surface area contributed by atoms with Crippen LogP contribution in [0, 0.1) is 10.1 Å². The lowest BCUT2D eigenvalue weighted by atomic mass is 10.1. The number of fused-ring (bicyclic) bond motifs is 2. The Hall–Kier alpha value is -3.13. The fourth-order valence-electron chi connectivity index (χ4n) is 2.64. The number of H-pyrrole nitrogens is 1. The van der Waals surface area contributed by atoms with Gasteiger partial charge in [0.05, 0.1) is 16.0 Å². The molecule has 0 fully saturated rings. The maximum atomic E-state index is 10.9. The molecule has 124 valence electrons. The summed E-state index contributed by atoms with van der Waals surface area (Å²) in [6.07, 6.45) is 1.64. The first-order valence-electron chi connectivity index (χ1n) is 7.44. The summed E-state index contributed by atoms with van der Waals surface area (Å²) in [7, 11) is 0. The predicted molar refractivity (Wildman–Crippen MR) is 95.7 cm³/mol. The van der Waals surface area contributed by atoms with Crippen molar-refractivity contribution in [3.05, 3.63) is 64.3 Å². The molecule has 0 saturated carbocycles. The van der Waals surface area contributed by atoms with Crippen LogP contribution in [0.1, 0.15) is 5.56 Å². The molecular formula is C17H12N4O3S. The summed E-state index contributed by atoms with van der Waals surface area (Å²) in [4.78, 5) is 22.2. The molecule has 0 radical (unpaired) electrons. The van der Waals surface area contributed by atoms with Crippen molar-refractivity contribution in [1.29, 1.82) is 0 Å². The first kappa shape index (κ1) is 15.4. The van der Waals surface area contributed by atoms with Gasteiger partial charge in [0.25, 0.3) is 5.69 Å². The molecule has 0 aliphatic rings. The van der Waals surface area contributed by atoms with E-state index in [1.165, 1.54) is 23.9 Å². The van der Waals surface area contributed by atoms with E-state index >= 15 is 0 Å². The molecule has 0 aliphatic carbocycles. The topological polar surface area (TPSA) is 105 Å². The number of aromatic nitrogens is 3. The second-order valence-corrected chi connectivity index (χ2v) is 6.40. The molecule has 25 heavy (non-hydrogen) atoms. The number of hydrogen-bond acceptors (Lipinski definition) is 6. The van der Waals surface area contributed by atoms with Crippen molar-refractivity contribution in [2.24, 2.45) is 0 Å². The SMILES string of the molecule is O=[N+]([O-])c1ccc2nc(SCc3ccc(O)c4ncccc34)[nH]c2c1. The number of phenolic OH excluding ortho intramolecular Hbond substituents is 1. The number of nitrogens with zero attached hydrogens (tertiary/aromatic N) is 3. The van der Waals surface area contributed by atoms with Crippen LogP contribution < -0.4 is 0 Å². The van der Waals surface area contributed by atoms with E-state index in [1.54, 1.807) is 18.3 Å². The van der Waals surface area contributed by atoms with E-state index in [4.69, 9.17) is 0 Å². The van der Waals surface area contributed by atoms with Gasteiger partial charge in [0, 0.05) is 29.5 Å². The van der Waals surface area contributed by atoms with Crippen molar-refractivity contribution in [2.45, 2.75) is 10.9 Å². The summed E-state index contributed by atoms with van der Waals surface area (Å²) in [6.45, 7) is 0. The number of rotatable bonds is 4. The second-order valence-electron chi connectivity index (χ2n) is 5.43. The van der Waals surface area contributed by atoms with Crippen LogP contribution in [0.15, 0.2) is 53.8 Å². The zero-order valence-electron chi connectivity index (χ0n) is 12.8. The summed E-state index contributed by atoms with van der Waals surface area (Å²) >= 11 is 1.49. The molecule has 0 spiro atoms. The van der Waals surface area contributed by atoms with Crippen LogP contribution in [-0.2, 0) is 5.75 Å². The lowest BCUT2D eigenvalue weighted by molar-refractivity contribution is -0.384. The zero-order chi connectivity index (χ0) is 17.4. The van der Waals surface area contributed by atoms with Crippen LogP contribution in [-0.4, -0.2) is 25.0 Å². The van der Waals surface area contributed by atoms with Gasteiger partial charge in [-0.3, -0.25) is 15.1 Å². The van der Waals surface area contributed by atoms with Crippen LogP contribution in [0.3, 0.4) is 0 Å². The number of nitrogens with one attached hydrogen (secondary N) is 1.